The molecule has 0 spiro atoms. The molecule has 1 aromatic carbocycles. The number of phenolic OH excluding ortho intramolecular Hbond substituents is 1. The van der Waals surface area contributed by atoms with E-state index < -0.39 is 0 Å². The van der Waals surface area contributed by atoms with Gasteiger partial charge in [0, 0.05) is 22.9 Å². The van der Waals surface area contributed by atoms with Gasteiger partial charge in [-0.05, 0) is 49.7 Å². The van der Waals surface area contributed by atoms with Crippen molar-refractivity contribution in [2.24, 2.45) is 11.8 Å². The number of aromatic nitrogens is 2. The number of rotatable bonds is 5. The number of imidazole rings is 1. The molecule has 5 heteroatoms. The second-order valence-electron chi connectivity index (χ2n) is 7.96. The lowest BCUT2D eigenvalue weighted by Crippen LogP contribution is -2.33. The number of benzene rings is 1. The summed E-state index contributed by atoms with van der Waals surface area (Å²) >= 11 is 0. The lowest BCUT2D eigenvalue weighted by Gasteiger charge is -2.39. The standard InChI is InChI=1S/C21H28N2O3/c1-4-21(10-13-5-6-14(7-13)11-21)18-12-22-20(23-18)15-8-16(25-2)19(24)17(9-15)26-3/h8-9,12-14,24H,4-7,10-11H2,1-3H3,(H,22,23). The number of aromatic amines is 1. The molecule has 0 radical (unpaired) electrons. The van der Waals surface area contributed by atoms with Crippen molar-refractivity contribution in [2.45, 2.75) is 50.9 Å². The summed E-state index contributed by atoms with van der Waals surface area (Å²) in [7, 11) is 3.07. The molecule has 1 aromatic heterocycles. The molecule has 4 rings (SSSR count). The number of H-pyrrole nitrogens is 1. The molecule has 2 N–H and O–H groups in total. The second-order valence-corrected chi connectivity index (χ2v) is 7.96. The van der Waals surface area contributed by atoms with Gasteiger partial charge in [0.15, 0.2) is 11.5 Å². The molecule has 1 heterocycles. The number of nitrogens with one attached hydrogen (secondary N) is 1. The van der Waals surface area contributed by atoms with Gasteiger partial charge in [-0.15, -0.1) is 0 Å². The van der Waals surface area contributed by atoms with Crippen LogP contribution in [0, 0.1) is 11.8 Å². The zero-order chi connectivity index (χ0) is 18.3. The van der Waals surface area contributed by atoms with E-state index >= 15 is 0 Å². The molecule has 0 aliphatic heterocycles. The molecule has 26 heavy (non-hydrogen) atoms. The van der Waals surface area contributed by atoms with Crippen LogP contribution in [0.1, 0.15) is 51.1 Å². The average Bonchev–Trinajstić information content (AvgIpc) is 3.29. The summed E-state index contributed by atoms with van der Waals surface area (Å²) < 4.78 is 10.6. The van der Waals surface area contributed by atoms with Crippen molar-refractivity contribution in [3.05, 3.63) is 24.0 Å². The topological polar surface area (TPSA) is 67.4 Å². The number of hydrogen-bond acceptors (Lipinski definition) is 4. The van der Waals surface area contributed by atoms with E-state index in [1.165, 1.54) is 52.0 Å². The van der Waals surface area contributed by atoms with Crippen LogP contribution in [0.25, 0.3) is 11.4 Å². The normalized spacial score (nSPS) is 27.5. The summed E-state index contributed by atoms with van der Waals surface area (Å²) in [5, 5.41) is 10.1. The van der Waals surface area contributed by atoms with Crippen molar-refractivity contribution in [1.82, 2.24) is 9.97 Å². The molecule has 2 atom stereocenters. The van der Waals surface area contributed by atoms with Gasteiger partial charge in [-0.25, -0.2) is 4.98 Å². The van der Waals surface area contributed by atoms with Gasteiger partial charge in [-0.3, -0.25) is 0 Å². The maximum Gasteiger partial charge on any atom is 0.200 e. The van der Waals surface area contributed by atoms with Crippen LogP contribution in [0.2, 0.25) is 0 Å². The van der Waals surface area contributed by atoms with Gasteiger partial charge in [-0.2, -0.15) is 0 Å². The molecular weight excluding hydrogens is 328 g/mol. The Labute approximate surface area is 154 Å². The number of fused-ring (bicyclic) bond motifs is 2. The zero-order valence-corrected chi connectivity index (χ0v) is 15.8. The van der Waals surface area contributed by atoms with Gasteiger partial charge < -0.3 is 19.6 Å². The Bertz CT molecular complexity index is 761. The Hall–Kier alpha value is -2.17. The smallest absolute Gasteiger partial charge is 0.200 e. The van der Waals surface area contributed by atoms with E-state index in [0.717, 1.165) is 29.6 Å². The first-order valence-electron chi connectivity index (χ1n) is 9.59. The van der Waals surface area contributed by atoms with Crippen molar-refractivity contribution in [3.8, 4) is 28.6 Å². The molecule has 0 saturated heterocycles. The van der Waals surface area contributed by atoms with Crippen LogP contribution >= 0.6 is 0 Å². The first-order valence-corrected chi connectivity index (χ1v) is 9.59. The first-order chi connectivity index (χ1) is 12.6. The summed E-state index contributed by atoms with van der Waals surface area (Å²) in [4.78, 5) is 8.24. The van der Waals surface area contributed by atoms with Gasteiger partial charge in [0.2, 0.25) is 5.75 Å². The van der Waals surface area contributed by atoms with Crippen LogP contribution in [0.5, 0.6) is 17.2 Å². The fraction of sp³-hybridized carbons (Fsp3) is 0.571. The largest absolute Gasteiger partial charge is 0.502 e. The van der Waals surface area contributed by atoms with Crippen molar-refractivity contribution < 1.29 is 14.6 Å². The molecule has 2 unspecified atom stereocenters. The van der Waals surface area contributed by atoms with Crippen LogP contribution in [0.15, 0.2) is 18.3 Å². The predicted molar refractivity (Wildman–Crippen MR) is 101 cm³/mol. The Balaban J connectivity index is 1.70. The maximum atomic E-state index is 10.1. The molecule has 2 aliphatic carbocycles. The highest BCUT2D eigenvalue weighted by molar-refractivity contribution is 5.66. The Morgan fingerprint density at radius 1 is 1.15 bits per heavy atom. The summed E-state index contributed by atoms with van der Waals surface area (Å²) in [5.41, 5.74) is 2.32. The van der Waals surface area contributed by atoms with Crippen LogP contribution in [-0.4, -0.2) is 29.3 Å². The predicted octanol–water partition coefficient (Wildman–Crippen LogP) is 4.66. The fourth-order valence-electron chi connectivity index (χ4n) is 5.20. The highest BCUT2D eigenvalue weighted by Crippen LogP contribution is 2.53. The minimum Gasteiger partial charge on any atom is -0.502 e. The third-order valence-corrected chi connectivity index (χ3v) is 6.59. The van der Waals surface area contributed by atoms with Crippen molar-refractivity contribution in [1.29, 1.82) is 0 Å². The maximum absolute atomic E-state index is 10.1. The van der Waals surface area contributed by atoms with E-state index in [1.54, 1.807) is 12.1 Å². The van der Waals surface area contributed by atoms with Crippen molar-refractivity contribution >= 4 is 0 Å². The van der Waals surface area contributed by atoms with Gasteiger partial charge in [0.1, 0.15) is 5.82 Å². The minimum atomic E-state index is 0.0133. The number of methoxy groups -OCH3 is 2. The molecule has 5 nitrogen and oxygen atoms in total. The number of phenols is 1. The fourth-order valence-corrected chi connectivity index (χ4v) is 5.20. The third kappa shape index (κ3) is 2.74. The molecule has 2 bridgehead atoms. The number of nitrogens with zero attached hydrogens (tertiary/aromatic N) is 1. The summed E-state index contributed by atoms with van der Waals surface area (Å²) in [6.45, 7) is 2.30. The van der Waals surface area contributed by atoms with E-state index in [-0.39, 0.29) is 11.2 Å². The Morgan fingerprint density at radius 3 is 2.31 bits per heavy atom. The lowest BCUT2D eigenvalue weighted by molar-refractivity contribution is 0.202. The summed E-state index contributed by atoms with van der Waals surface area (Å²) in [6.07, 6.45) is 9.88. The molecule has 2 aliphatic rings. The first kappa shape index (κ1) is 17.3. The number of aromatic hydroxyl groups is 1. The molecule has 2 aromatic rings. The minimum absolute atomic E-state index is 0.0133. The van der Waals surface area contributed by atoms with Crippen LogP contribution in [0.4, 0.5) is 0 Å². The monoisotopic (exact) mass is 356 g/mol. The second kappa shape index (κ2) is 6.53. The zero-order valence-electron chi connectivity index (χ0n) is 15.8. The molecule has 2 fully saturated rings. The Morgan fingerprint density at radius 2 is 1.77 bits per heavy atom. The Kier molecular flexibility index (Phi) is 4.33. The molecular formula is C21H28N2O3. The molecule has 2 saturated carbocycles. The van der Waals surface area contributed by atoms with E-state index in [0.29, 0.717) is 11.5 Å². The highest BCUT2D eigenvalue weighted by Gasteiger charge is 2.44. The third-order valence-electron chi connectivity index (χ3n) is 6.59. The highest BCUT2D eigenvalue weighted by atomic mass is 16.5. The van der Waals surface area contributed by atoms with E-state index in [9.17, 15) is 5.11 Å². The summed E-state index contributed by atoms with van der Waals surface area (Å²) in [5.74, 6) is 3.32. The number of ether oxygens (including phenoxy) is 2. The SMILES string of the molecule is CCC1(c2cnc(-c3cc(OC)c(O)c(OC)c3)[nH]2)CC2CCC(C2)C1. The van der Waals surface area contributed by atoms with E-state index in [4.69, 9.17) is 9.47 Å². The van der Waals surface area contributed by atoms with Crippen molar-refractivity contribution in [3.63, 3.8) is 0 Å². The number of hydrogen-bond donors (Lipinski definition) is 2. The van der Waals surface area contributed by atoms with E-state index in [1.807, 2.05) is 6.20 Å². The van der Waals surface area contributed by atoms with Crippen LogP contribution in [0.3, 0.4) is 0 Å². The van der Waals surface area contributed by atoms with Gasteiger partial charge in [0.25, 0.3) is 0 Å². The van der Waals surface area contributed by atoms with Crippen LogP contribution in [-0.2, 0) is 5.41 Å². The van der Waals surface area contributed by atoms with E-state index in [2.05, 4.69) is 16.9 Å². The van der Waals surface area contributed by atoms with Gasteiger partial charge in [0.05, 0.1) is 14.2 Å². The van der Waals surface area contributed by atoms with Crippen molar-refractivity contribution in [2.75, 3.05) is 14.2 Å². The summed E-state index contributed by atoms with van der Waals surface area (Å²) in [6, 6.07) is 3.59. The van der Waals surface area contributed by atoms with Gasteiger partial charge >= 0.3 is 0 Å². The molecule has 0 amide bonds. The average molecular weight is 356 g/mol. The quantitative estimate of drug-likeness (QED) is 0.818. The van der Waals surface area contributed by atoms with Gasteiger partial charge in [-0.1, -0.05) is 19.8 Å². The lowest BCUT2D eigenvalue weighted by atomic mass is 9.66. The van der Waals surface area contributed by atoms with Crippen LogP contribution < -0.4 is 9.47 Å². The molecule has 140 valence electrons.